The Labute approximate surface area is 220 Å². The average molecular weight is 501 g/mol. The van der Waals surface area contributed by atoms with Gasteiger partial charge in [0.1, 0.15) is 5.60 Å². The molecule has 0 aromatic heterocycles. The molecule has 3 saturated carbocycles. The van der Waals surface area contributed by atoms with Crippen LogP contribution in [0.4, 0.5) is 0 Å². The third-order valence-electron chi connectivity index (χ3n) is 12.9. The molecule has 4 aliphatic carbocycles. The monoisotopic (exact) mass is 500 g/mol. The molecule has 1 aliphatic heterocycles. The summed E-state index contributed by atoms with van der Waals surface area (Å²) in [4.78, 5) is 0. The van der Waals surface area contributed by atoms with Crippen molar-refractivity contribution in [1.82, 2.24) is 0 Å². The van der Waals surface area contributed by atoms with Gasteiger partial charge in [0.2, 0.25) is 0 Å². The summed E-state index contributed by atoms with van der Waals surface area (Å²) < 4.78 is 18.8. The van der Waals surface area contributed by atoms with Crippen LogP contribution in [0.1, 0.15) is 93.4 Å². The second kappa shape index (κ2) is 8.41. The Morgan fingerprint density at radius 2 is 1.78 bits per heavy atom. The van der Waals surface area contributed by atoms with Gasteiger partial charge in [0, 0.05) is 31.0 Å². The largest absolute Gasteiger partial charge is 0.392 e. The number of aliphatic hydroxyl groups is 1. The van der Waals surface area contributed by atoms with Crippen molar-refractivity contribution in [3.63, 3.8) is 0 Å². The topological polar surface area (TPSA) is 47.9 Å². The van der Waals surface area contributed by atoms with Gasteiger partial charge in [-0.1, -0.05) is 58.9 Å². The first-order chi connectivity index (χ1) is 16.8. The molecule has 5 rings (SSSR count). The van der Waals surface area contributed by atoms with Crippen molar-refractivity contribution in [2.24, 2.45) is 45.3 Å². The van der Waals surface area contributed by atoms with Crippen LogP contribution in [0.5, 0.6) is 0 Å². The van der Waals surface area contributed by atoms with Gasteiger partial charge in [0.15, 0.2) is 6.29 Å². The van der Waals surface area contributed by atoms with Crippen molar-refractivity contribution in [2.75, 3.05) is 14.2 Å². The van der Waals surface area contributed by atoms with Crippen LogP contribution >= 0.6 is 0 Å². The molecular weight excluding hydrogens is 448 g/mol. The van der Waals surface area contributed by atoms with Crippen LogP contribution in [0, 0.1) is 45.3 Å². The normalized spacial score (nSPS) is 50.1. The third kappa shape index (κ3) is 3.20. The van der Waals surface area contributed by atoms with E-state index in [9.17, 15) is 5.11 Å². The highest BCUT2D eigenvalue weighted by Gasteiger charge is 2.78. The molecule has 1 heterocycles. The second-order valence-electron chi connectivity index (χ2n) is 14.7. The van der Waals surface area contributed by atoms with E-state index in [0.717, 1.165) is 25.7 Å². The summed E-state index contributed by atoms with van der Waals surface area (Å²) in [6, 6.07) is 0. The smallest absolute Gasteiger partial charge is 0.164 e. The van der Waals surface area contributed by atoms with Crippen LogP contribution in [-0.4, -0.2) is 42.9 Å². The molecule has 4 fully saturated rings. The lowest BCUT2D eigenvalue weighted by Gasteiger charge is -2.65. The molecule has 0 amide bonds. The molecule has 5 aliphatic rings. The molecule has 4 heteroatoms. The van der Waals surface area contributed by atoms with Gasteiger partial charge in [-0.05, 0) is 87.4 Å². The molecule has 2 bridgehead atoms. The summed E-state index contributed by atoms with van der Waals surface area (Å²) in [5.74, 6) is 2.20. The highest BCUT2D eigenvalue weighted by molar-refractivity contribution is 5.34. The minimum atomic E-state index is -0.434. The minimum absolute atomic E-state index is 0.00428. The molecule has 1 N–H and O–H groups in total. The first-order valence-electron chi connectivity index (χ1n) is 14.6. The molecule has 0 radical (unpaired) electrons. The quantitative estimate of drug-likeness (QED) is 0.402. The lowest BCUT2D eigenvalue weighted by molar-refractivity contribution is -0.225. The number of hydrogen-bond acceptors (Lipinski definition) is 4. The maximum absolute atomic E-state index is 11.0. The number of aliphatic hydroxyl groups excluding tert-OH is 1. The van der Waals surface area contributed by atoms with Crippen LogP contribution in [0.25, 0.3) is 0 Å². The van der Waals surface area contributed by atoms with Crippen LogP contribution in [0.2, 0.25) is 0 Å². The first-order valence-corrected chi connectivity index (χ1v) is 14.6. The van der Waals surface area contributed by atoms with E-state index in [4.69, 9.17) is 14.2 Å². The zero-order chi connectivity index (χ0) is 26.4. The summed E-state index contributed by atoms with van der Waals surface area (Å²) in [6.45, 7) is 16.3. The fraction of sp³-hybridized carbons (Fsp3) is 0.875. The first kappa shape index (κ1) is 26.9. The lowest BCUT2D eigenvalue weighted by Crippen LogP contribution is -2.65. The molecule has 10 atom stereocenters. The van der Waals surface area contributed by atoms with Gasteiger partial charge in [0.25, 0.3) is 0 Å². The van der Waals surface area contributed by atoms with Gasteiger partial charge in [-0.2, -0.15) is 0 Å². The molecule has 1 saturated heterocycles. The highest BCUT2D eigenvalue weighted by Crippen LogP contribution is 2.78. The molecule has 0 aromatic rings. The van der Waals surface area contributed by atoms with Gasteiger partial charge < -0.3 is 19.3 Å². The van der Waals surface area contributed by atoms with Crippen molar-refractivity contribution < 1.29 is 19.3 Å². The summed E-state index contributed by atoms with van der Waals surface area (Å²) in [5.41, 5.74) is -0.460. The van der Waals surface area contributed by atoms with E-state index in [2.05, 4.69) is 72.8 Å². The second-order valence-corrected chi connectivity index (χ2v) is 14.7. The van der Waals surface area contributed by atoms with Crippen LogP contribution in [0.3, 0.4) is 0 Å². The Hall–Kier alpha value is -0.680. The van der Waals surface area contributed by atoms with E-state index in [0.29, 0.717) is 29.1 Å². The Balaban J connectivity index is 1.49. The van der Waals surface area contributed by atoms with E-state index in [-0.39, 0.29) is 34.2 Å². The van der Waals surface area contributed by atoms with Gasteiger partial charge in [-0.3, -0.25) is 0 Å². The number of ether oxygens (including phenoxy) is 3. The summed E-state index contributed by atoms with van der Waals surface area (Å²) in [5, 5.41) is 11.0. The van der Waals surface area contributed by atoms with Crippen LogP contribution in [0.15, 0.2) is 24.3 Å². The molecule has 36 heavy (non-hydrogen) atoms. The van der Waals surface area contributed by atoms with Gasteiger partial charge in [0.05, 0.1) is 11.7 Å². The van der Waals surface area contributed by atoms with Crippen molar-refractivity contribution in [2.45, 2.75) is 117 Å². The Morgan fingerprint density at radius 3 is 2.44 bits per heavy atom. The number of hydrogen-bond donors (Lipinski definition) is 1. The molecule has 1 unspecified atom stereocenters. The number of allylic oxidation sites excluding steroid dienone is 2. The van der Waals surface area contributed by atoms with Crippen LogP contribution in [-0.2, 0) is 14.2 Å². The lowest BCUT2D eigenvalue weighted by atomic mass is 9.38. The summed E-state index contributed by atoms with van der Waals surface area (Å²) in [7, 11) is 3.63. The third-order valence-corrected chi connectivity index (χ3v) is 12.9. The fourth-order valence-electron chi connectivity index (χ4n) is 10.3. The molecule has 4 nitrogen and oxygen atoms in total. The highest BCUT2D eigenvalue weighted by atomic mass is 16.7. The van der Waals surface area contributed by atoms with E-state index in [1.807, 2.05) is 7.11 Å². The maximum atomic E-state index is 11.0. The van der Waals surface area contributed by atoms with Gasteiger partial charge >= 0.3 is 0 Å². The molecule has 204 valence electrons. The number of fused-ring (bicyclic) bond motifs is 2. The minimum Gasteiger partial charge on any atom is -0.392 e. The van der Waals surface area contributed by atoms with Crippen molar-refractivity contribution >= 4 is 0 Å². The van der Waals surface area contributed by atoms with Crippen LogP contribution < -0.4 is 0 Å². The van der Waals surface area contributed by atoms with E-state index in [1.54, 1.807) is 7.11 Å². The van der Waals surface area contributed by atoms with Crippen molar-refractivity contribution in [3.8, 4) is 0 Å². The zero-order valence-corrected chi connectivity index (χ0v) is 24.4. The SMILES string of the molecule is COC1O[C@]23C=C[C@@H]4[C@@]1(CC[C@]1(C)[C@@H]([C@H](C)C/C=C/C(C)(C)OC)CC[C@@]41C)[C@@H]2CC[C@H](O)C3(C)C. The number of methoxy groups -OCH3 is 2. The number of rotatable bonds is 6. The Kier molecular flexibility index (Phi) is 6.28. The Morgan fingerprint density at radius 1 is 1.06 bits per heavy atom. The predicted molar refractivity (Wildman–Crippen MR) is 144 cm³/mol. The Bertz CT molecular complexity index is 921. The van der Waals surface area contributed by atoms with Crippen molar-refractivity contribution in [3.05, 3.63) is 24.3 Å². The summed E-state index contributed by atoms with van der Waals surface area (Å²) >= 11 is 0. The molecular formula is C32H52O4. The van der Waals surface area contributed by atoms with E-state index >= 15 is 0 Å². The maximum Gasteiger partial charge on any atom is 0.164 e. The average Bonchev–Trinajstić information content (AvgIpc) is 3.20. The van der Waals surface area contributed by atoms with Gasteiger partial charge in [-0.15, -0.1) is 0 Å². The predicted octanol–water partition coefficient (Wildman–Crippen LogP) is 6.92. The molecule has 1 spiro atoms. The molecule has 0 aromatic carbocycles. The fourth-order valence-corrected chi connectivity index (χ4v) is 10.3. The van der Waals surface area contributed by atoms with Gasteiger partial charge in [-0.25, -0.2) is 0 Å². The van der Waals surface area contributed by atoms with Crippen molar-refractivity contribution in [1.29, 1.82) is 0 Å². The summed E-state index contributed by atoms with van der Waals surface area (Å²) in [6.07, 6.45) is 16.9. The zero-order valence-electron chi connectivity index (χ0n) is 24.4. The van der Waals surface area contributed by atoms with E-state index in [1.165, 1.54) is 19.3 Å². The standard InChI is InChI=1S/C32H52O4/c1-21(11-10-16-27(2,3)35-9)22-14-17-30(7)23-15-18-32-24(12-13-25(33)28(32,4)5)31(23,26(34-8)36-32)20-19-29(22,30)6/h10,15-16,18,21-26,33H,11-14,17,19-20H2,1-9H3/b16-10+/t21-,22-,23+,24+,25+,26?,29-,30+,31+,32-/m1/s1. The van der Waals surface area contributed by atoms with E-state index < -0.39 is 5.60 Å².